The Morgan fingerprint density at radius 2 is 1.70 bits per heavy atom. The highest BCUT2D eigenvalue weighted by Crippen LogP contribution is 2.36. The zero-order valence-electron chi connectivity index (χ0n) is 16.9. The lowest BCUT2D eigenvalue weighted by molar-refractivity contribution is -0.120. The van der Waals surface area contributed by atoms with Crippen LogP contribution in [0.5, 0.6) is 0 Å². The Balaban J connectivity index is 1.79. The maximum atomic E-state index is 13.5. The van der Waals surface area contributed by atoms with Gasteiger partial charge >= 0.3 is 0 Å². The summed E-state index contributed by atoms with van der Waals surface area (Å²) in [5, 5.41) is 0.438. The Morgan fingerprint density at radius 3 is 2.33 bits per heavy atom. The molecule has 2 amide bonds. The molecule has 0 radical (unpaired) electrons. The van der Waals surface area contributed by atoms with E-state index in [0.29, 0.717) is 27.5 Å². The van der Waals surface area contributed by atoms with E-state index < -0.39 is 11.7 Å². The molecule has 4 rings (SSSR count). The molecule has 1 fully saturated rings. The molecule has 0 bridgehead atoms. The summed E-state index contributed by atoms with van der Waals surface area (Å²) in [6.07, 6.45) is 1.79. The number of imide groups is 1. The van der Waals surface area contributed by atoms with Crippen molar-refractivity contribution in [2.45, 2.75) is 18.9 Å². The number of rotatable bonds is 4. The fourth-order valence-corrected chi connectivity index (χ4v) is 4.32. The molecule has 2 aromatic rings. The van der Waals surface area contributed by atoms with E-state index in [1.165, 1.54) is 12.1 Å². The third-order valence-electron chi connectivity index (χ3n) is 5.85. The van der Waals surface area contributed by atoms with Gasteiger partial charge in [0.2, 0.25) is 0 Å². The van der Waals surface area contributed by atoms with Crippen LogP contribution >= 0.6 is 11.6 Å². The number of piperidine rings is 1. The quantitative estimate of drug-likeness (QED) is 0.696. The lowest BCUT2D eigenvalue weighted by atomic mass is 10.00. The van der Waals surface area contributed by atoms with Crippen LogP contribution in [-0.2, 0) is 9.59 Å². The van der Waals surface area contributed by atoms with Gasteiger partial charge in [0.05, 0.1) is 11.3 Å². The van der Waals surface area contributed by atoms with Crippen LogP contribution in [0, 0.1) is 5.82 Å². The zero-order chi connectivity index (χ0) is 21.4. The number of hydrogen-bond donors (Lipinski definition) is 0. The number of benzene rings is 2. The van der Waals surface area contributed by atoms with Gasteiger partial charge in [-0.05, 0) is 68.9 Å². The van der Waals surface area contributed by atoms with Crippen molar-refractivity contribution < 1.29 is 14.0 Å². The SMILES string of the molecule is CN1CCC(N(C)C2=C(c3ccc(F)cc3)C(=O)N(c3cccc(Cl)c3)C2=O)CC1. The summed E-state index contributed by atoms with van der Waals surface area (Å²) in [5.41, 5.74) is 1.58. The van der Waals surface area contributed by atoms with Crippen molar-refractivity contribution in [3.05, 3.63) is 70.6 Å². The van der Waals surface area contributed by atoms with E-state index in [0.717, 1.165) is 30.8 Å². The molecule has 0 saturated carbocycles. The summed E-state index contributed by atoms with van der Waals surface area (Å²) in [6.45, 7) is 1.85. The highest BCUT2D eigenvalue weighted by molar-refractivity contribution is 6.45. The van der Waals surface area contributed by atoms with Crippen LogP contribution in [0.2, 0.25) is 5.02 Å². The van der Waals surface area contributed by atoms with Crippen LogP contribution in [0.3, 0.4) is 0 Å². The molecule has 2 heterocycles. The lowest BCUT2D eigenvalue weighted by Crippen LogP contribution is -2.43. The molecule has 2 aliphatic heterocycles. The monoisotopic (exact) mass is 427 g/mol. The predicted octanol–water partition coefficient (Wildman–Crippen LogP) is 3.79. The van der Waals surface area contributed by atoms with Gasteiger partial charge in [-0.25, -0.2) is 9.29 Å². The Morgan fingerprint density at radius 1 is 1.03 bits per heavy atom. The van der Waals surface area contributed by atoms with Gasteiger partial charge in [0.15, 0.2) is 0 Å². The van der Waals surface area contributed by atoms with E-state index in [-0.39, 0.29) is 11.9 Å². The fraction of sp³-hybridized carbons (Fsp3) is 0.304. The van der Waals surface area contributed by atoms with Crippen molar-refractivity contribution >= 4 is 34.7 Å². The van der Waals surface area contributed by atoms with E-state index in [4.69, 9.17) is 11.6 Å². The molecule has 0 atom stereocenters. The average molecular weight is 428 g/mol. The smallest absolute Gasteiger partial charge is 0.282 e. The number of amides is 2. The summed E-state index contributed by atoms with van der Waals surface area (Å²) in [5.74, 6) is -1.21. The Bertz CT molecular complexity index is 1010. The molecule has 7 heteroatoms. The lowest BCUT2D eigenvalue weighted by Gasteiger charge is -2.36. The van der Waals surface area contributed by atoms with E-state index >= 15 is 0 Å². The number of halogens is 2. The molecule has 5 nitrogen and oxygen atoms in total. The van der Waals surface area contributed by atoms with Crippen molar-refractivity contribution in [2.24, 2.45) is 0 Å². The molecule has 0 aliphatic carbocycles. The van der Waals surface area contributed by atoms with E-state index in [1.807, 2.05) is 11.9 Å². The van der Waals surface area contributed by atoms with Gasteiger partial charge in [0.1, 0.15) is 11.5 Å². The largest absolute Gasteiger partial charge is 0.366 e. The van der Waals surface area contributed by atoms with Crippen molar-refractivity contribution in [3.8, 4) is 0 Å². The zero-order valence-corrected chi connectivity index (χ0v) is 17.7. The first kappa shape index (κ1) is 20.6. The molecule has 0 spiro atoms. The molecular formula is C23H23ClFN3O2. The average Bonchev–Trinajstić information content (AvgIpc) is 2.99. The number of carbonyl (C=O) groups excluding carboxylic acids is 2. The standard InChI is InChI=1S/C23H23ClFN3O2/c1-26-12-10-18(11-13-26)27(2)21-20(15-6-8-17(25)9-7-15)22(29)28(23(21)30)19-5-3-4-16(24)14-19/h3-9,14,18H,10-13H2,1-2H3. The van der Waals surface area contributed by atoms with Gasteiger partial charge in [0, 0.05) is 18.1 Å². The molecule has 0 unspecified atom stereocenters. The molecule has 156 valence electrons. The second kappa shape index (κ2) is 8.20. The normalized spacial score (nSPS) is 18.5. The summed E-state index contributed by atoms with van der Waals surface area (Å²) < 4.78 is 13.5. The number of carbonyl (C=O) groups is 2. The highest BCUT2D eigenvalue weighted by Gasteiger charge is 2.43. The minimum atomic E-state index is -0.427. The summed E-state index contributed by atoms with van der Waals surface area (Å²) in [7, 11) is 3.94. The number of nitrogens with zero attached hydrogens (tertiary/aromatic N) is 3. The molecule has 30 heavy (non-hydrogen) atoms. The van der Waals surface area contributed by atoms with Crippen LogP contribution in [0.25, 0.3) is 5.57 Å². The minimum Gasteiger partial charge on any atom is -0.366 e. The Hall–Kier alpha value is -2.70. The molecule has 2 aliphatic rings. The Kier molecular flexibility index (Phi) is 5.62. The van der Waals surface area contributed by atoms with Gasteiger partial charge in [-0.3, -0.25) is 9.59 Å². The number of hydrogen-bond acceptors (Lipinski definition) is 4. The number of anilines is 1. The van der Waals surface area contributed by atoms with Crippen molar-refractivity contribution in [2.75, 3.05) is 32.1 Å². The molecule has 2 aromatic carbocycles. The molecular weight excluding hydrogens is 405 g/mol. The second-order valence-electron chi connectivity index (χ2n) is 7.80. The summed E-state index contributed by atoms with van der Waals surface area (Å²) >= 11 is 6.10. The third kappa shape index (κ3) is 3.73. The predicted molar refractivity (Wildman–Crippen MR) is 116 cm³/mol. The topological polar surface area (TPSA) is 43.9 Å². The van der Waals surface area contributed by atoms with Crippen LogP contribution in [-0.4, -0.2) is 54.8 Å². The van der Waals surface area contributed by atoms with Crippen LogP contribution in [0.4, 0.5) is 10.1 Å². The van der Waals surface area contributed by atoms with Crippen molar-refractivity contribution in [1.82, 2.24) is 9.80 Å². The minimum absolute atomic E-state index is 0.141. The number of likely N-dealkylation sites (tertiary alicyclic amines) is 1. The maximum absolute atomic E-state index is 13.5. The van der Waals surface area contributed by atoms with Gasteiger partial charge in [-0.2, -0.15) is 0 Å². The molecule has 1 saturated heterocycles. The maximum Gasteiger partial charge on any atom is 0.282 e. The van der Waals surface area contributed by atoms with Gasteiger partial charge in [-0.1, -0.05) is 29.8 Å². The van der Waals surface area contributed by atoms with E-state index in [1.54, 1.807) is 36.4 Å². The Labute approximate surface area is 180 Å². The van der Waals surface area contributed by atoms with Crippen molar-refractivity contribution in [1.29, 1.82) is 0 Å². The highest BCUT2D eigenvalue weighted by atomic mass is 35.5. The van der Waals surface area contributed by atoms with Crippen LogP contribution in [0.15, 0.2) is 54.2 Å². The molecule has 0 N–H and O–H groups in total. The first-order valence-electron chi connectivity index (χ1n) is 9.92. The van der Waals surface area contributed by atoms with Crippen LogP contribution < -0.4 is 4.90 Å². The first-order valence-corrected chi connectivity index (χ1v) is 10.3. The summed E-state index contributed by atoms with van der Waals surface area (Å²) in [6, 6.07) is 12.5. The number of likely N-dealkylation sites (N-methyl/N-ethyl adjacent to an activating group) is 1. The van der Waals surface area contributed by atoms with Gasteiger partial charge in [-0.15, -0.1) is 0 Å². The van der Waals surface area contributed by atoms with Gasteiger partial charge < -0.3 is 9.80 Å². The van der Waals surface area contributed by atoms with E-state index in [9.17, 15) is 14.0 Å². The van der Waals surface area contributed by atoms with Gasteiger partial charge in [0.25, 0.3) is 11.8 Å². The summed E-state index contributed by atoms with van der Waals surface area (Å²) in [4.78, 5) is 32.3. The fourth-order valence-electron chi connectivity index (χ4n) is 4.14. The first-order chi connectivity index (χ1) is 14.4. The van der Waals surface area contributed by atoms with E-state index in [2.05, 4.69) is 11.9 Å². The third-order valence-corrected chi connectivity index (χ3v) is 6.08. The van der Waals surface area contributed by atoms with Crippen LogP contribution in [0.1, 0.15) is 18.4 Å². The van der Waals surface area contributed by atoms with Crippen molar-refractivity contribution in [3.63, 3.8) is 0 Å². The molecule has 0 aromatic heterocycles. The second-order valence-corrected chi connectivity index (χ2v) is 8.24.